The van der Waals surface area contributed by atoms with E-state index >= 15 is 0 Å². The molecule has 0 radical (unpaired) electrons. The number of carbonyl (C=O) groups is 6. The van der Waals surface area contributed by atoms with Gasteiger partial charge in [0.2, 0.25) is 23.6 Å². The van der Waals surface area contributed by atoms with Gasteiger partial charge in [-0.3, -0.25) is 24.0 Å². The first-order valence-corrected chi connectivity index (χ1v) is 16.5. The van der Waals surface area contributed by atoms with Gasteiger partial charge in [-0.05, 0) is 57.0 Å². The van der Waals surface area contributed by atoms with Gasteiger partial charge in [0.15, 0.2) is 0 Å². The molecular formula is C32H53N7O11. The molecule has 0 aliphatic carbocycles. The minimum Gasteiger partial charge on any atom is -0.480 e. The van der Waals surface area contributed by atoms with Crippen LogP contribution in [0.5, 0.6) is 0 Å². The van der Waals surface area contributed by atoms with Gasteiger partial charge in [0.1, 0.15) is 25.3 Å². The molecule has 0 saturated carbocycles. The number of aliphatic carboxylic acids is 1. The second-order valence-electron chi connectivity index (χ2n) is 10.9. The third kappa shape index (κ3) is 21.6. The van der Waals surface area contributed by atoms with E-state index in [0.717, 1.165) is 12.2 Å². The van der Waals surface area contributed by atoms with Crippen molar-refractivity contribution in [3.8, 4) is 0 Å². The molecule has 9 N–H and O–H groups in total. The van der Waals surface area contributed by atoms with Crippen LogP contribution in [0, 0.1) is 0 Å². The van der Waals surface area contributed by atoms with E-state index in [1.165, 1.54) is 0 Å². The van der Waals surface area contributed by atoms with Crippen LogP contribution in [0.15, 0.2) is 24.3 Å². The van der Waals surface area contributed by atoms with Gasteiger partial charge in [0.25, 0.3) is 5.91 Å². The number of anilines is 1. The zero-order valence-corrected chi connectivity index (χ0v) is 28.9. The Hall–Kier alpha value is -4.36. The van der Waals surface area contributed by atoms with Crippen LogP contribution in [-0.4, -0.2) is 139 Å². The fourth-order valence-corrected chi connectivity index (χ4v) is 4.13. The highest BCUT2D eigenvalue weighted by Gasteiger charge is 2.21. The van der Waals surface area contributed by atoms with Crippen LogP contribution in [0.2, 0.25) is 0 Å². The number of nitrogens with two attached hydrogens (primary N) is 1. The second-order valence-corrected chi connectivity index (χ2v) is 10.9. The van der Waals surface area contributed by atoms with Crippen LogP contribution in [0.3, 0.4) is 0 Å². The van der Waals surface area contributed by atoms with Crippen molar-refractivity contribution in [3.63, 3.8) is 0 Å². The van der Waals surface area contributed by atoms with Gasteiger partial charge >= 0.3 is 5.97 Å². The molecule has 0 heterocycles. The van der Waals surface area contributed by atoms with Crippen LogP contribution < -0.4 is 37.6 Å². The van der Waals surface area contributed by atoms with Gasteiger partial charge in [0.05, 0.1) is 39.6 Å². The lowest BCUT2D eigenvalue weighted by molar-refractivity contribution is -0.143. The van der Waals surface area contributed by atoms with Crippen molar-refractivity contribution in [1.29, 1.82) is 0 Å². The van der Waals surface area contributed by atoms with E-state index in [-0.39, 0.29) is 64.7 Å². The lowest BCUT2D eigenvalue weighted by Gasteiger charge is -2.16. The third-order valence-electron chi connectivity index (χ3n) is 6.89. The number of carboxylic acids is 1. The first kappa shape index (κ1) is 43.7. The maximum absolute atomic E-state index is 12.5. The number of unbranched alkanes of at least 4 members (excludes halogenated alkanes) is 1. The Kier molecular flexibility index (Phi) is 24.0. The first-order chi connectivity index (χ1) is 24.1. The van der Waals surface area contributed by atoms with Gasteiger partial charge in [-0.2, -0.15) is 0 Å². The molecule has 1 rings (SSSR count). The van der Waals surface area contributed by atoms with Crippen molar-refractivity contribution in [2.45, 2.75) is 44.2 Å². The monoisotopic (exact) mass is 711 g/mol. The fourth-order valence-electron chi connectivity index (χ4n) is 4.13. The third-order valence-corrected chi connectivity index (χ3v) is 6.89. The first-order valence-electron chi connectivity index (χ1n) is 16.5. The lowest BCUT2D eigenvalue weighted by Crippen LogP contribution is -2.44. The summed E-state index contributed by atoms with van der Waals surface area (Å²) in [6, 6.07) is 4.54. The highest BCUT2D eigenvalue weighted by atomic mass is 16.5. The van der Waals surface area contributed by atoms with Crippen molar-refractivity contribution >= 4 is 41.2 Å². The number of likely N-dealkylation sites (N-methyl/N-ethyl adjacent to an activating group) is 1. The number of hydrogen-bond acceptors (Lipinski definition) is 12. The number of nitrogens with one attached hydrogen (secondary N) is 6. The van der Waals surface area contributed by atoms with Crippen LogP contribution in [0.4, 0.5) is 5.69 Å². The number of rotatable bonds is 30. The minimum atomic E-state index is -1.29. The summed E-state index contributed by atoms with van der Waals surface area (Å²) in [5.41, 5.74) is 6.66. The number of carbonyl (C=O) groups excluding carboxylic acids is 5. The Morgan fingerprint density at radius 1 is 0.680 bits per heavy atom. The molecule has 0 bridgehead atoms. The van der Waals surface area contributed by atoms with Crippen molar-refractivity contribution in [1.82, 2.24) is 26.6 Å². The highest BCUT2D eigenvalue weighted by molar-refractivity contribution is 5.97. The Balaban J connectivity index is 2.15. The van der Waals surface area contributed by atoms with E-state index in [1.54, 1.807) is 31.3 Å². The average Bonchev–Trinajstić information content (AvgIpc) is 3.09. The van der Waals surface area contributed by atoms with Gasteiger partial charge in [-0.1, -0.05) is 0 Å². The zero-order chi connectivity index (χ0) is 37.0. The summed E-state index contributed by atoms with van der Waals surface area (Å²) in [5, 5.41) is 25.6. The summed E-state index contributed by atoms with van der Waals surface area (Å²) in [4.78, 5) is 71.9. The standard InChI is InChI=1S/C32H53N7O11/c1-34-13-15-47-17-19-49-21-28(41)37-14-16-48-18-20-50-22-29(42)38-26(32(45)46)10-11-27(40)36-12-4-3-5-25(30(33)43)39-31(44)23-6-8-24(35-2)9-7-23/h6-9,25-26,34-35H,3-5,10-22H2,1-2H3,(H2,33,43)(H,36,40)(H,37,41)(H,38,42)(H,39,44)(H,45,46). The van der Waals surface area contributed by atoms with E-state index in [0.29, 0.717) is 38.2 Å². The summed E-state index contributed by atoms with van der Waals surface area (Å²) in [6.45, 7) is 2.47. The number of carboxylic acid groups (broad SMARTS) is 1. The van der Waals surface area contributed by atoms with Crippen molar-refractivity contribution in [2.75, 3.05) is 91.9 Å². The van der Waals surface area contributed by atoms with E-state index in [2.05, 4.69) is 31.9 Å². The molecule has 0 fully saturated rings. The molecule has 0 aliphatic rings. The van der Waals surface area contributed by atoms with Gasteiger partial charge in [-0.25, -0.2) is 4.79 Å². The van der Waals surface area contributed by atoms with Crippen LogP contribution in [-0.2, 0) is 42.9 Å². The normalized spacial score (nSPS) is 12.0. The molecule has 0 spiro atoms. The average molecular weight is 712 g/mol. The number of ether oxygens (including phenoxy) is 4. The SMILES string of the molecule is CNCCOCCOCC(=O)NCCOCCOCC(=O)NC(CCC(=O)NCCCCC(NC(=O)c1ccc(NC)cc1)C(N)=O)C(=O)O. The Labute approximate surface area is 292 Å². The molecular weight excluding hydrogens is 658 g/mol. The quantitative estimate of drug-likeness (QED) is 0.0417. The van der Waals surface area contributed by atoms with E-state index in [9.17, 15) is 33.9 Å². The van der Waals surface area contributed by atoms with Crippen molar-refractivity contribution in [2.24, 2.45) is 5.73 Å². The number of hydrogen-bond donors (Lipinski definition) is 8. The van der Waals surface area contributed by atoms with E-state index in [1.807, 2.05) is 7.05 Å². The van der Waals surface area contributed by atoms with Gasteiger partial charge < -0.3 is 61.7 Å². The summed E-state index contributed by atoms with van der Waals surface area (Å²) in [6.07, 6.45) is 0.955. The maximum atomic E-state index is 12.5. The predicted octanol–water partition coefficient (Wildman–Crippen LogP) is -1.65. The van der Waals surface area contributed by atoms with E-state index < -0.39 is 48.3 Å². The van der Waals surface area contributed by atoms with Gasteiger partial charge in [0, 0.05) is 44.4 Å². The smallest absolute Gasteiger partial charge is 0.326 e. The van der Waals surface area contributed by atoms with Crippen LogP contribution in [0.25, 0.3) is 0 Å². The molecule has 1 aromatic carbocycles. The summed E-state index contributed by atoms with van der Waals surface area (Å²) < 4.78 is 21.0. The molecule has 2 unspecified atom stereocenters. The highest BCUT2D eigenvalue weighted by Crippen LogP contribution is 2.10. The molecule has 282 valence electrons. The summed E-state index contributed by atoms with van der Waals surface area (Å²) in [7, 11) is 3.58. The summed E-state index contributed by atoms with van der Waals surface area (Å²) >= 11 is 0. The van der Waals surface area contributed by atoms with Crippen LogP contribution >= 0.6 is 0 Å². The number of benzene rings is 1. The zero-order valence-electron chi connectivity index (χ0n) is 28.9. The Morgan fingerprint density at radius 2 is 1.28 bits per heavy atom. The molecule has 18 nitrogen and oxygen atoms in total. The predicted molar refractivity (Wildman–Crippen MR) is 182 cm³/mol. The van der Waals surface area contributed by atoms with Gasteiger partial charge in [-0.15, -0.1) is 0 Å². The number of primary amides is 1. The molecule has 18 heteroatoms. The molecule has 1 aromatic rings. The lowest BCUT2D eigenvalue weighted by atomic mass is 10.1. The summed E-state index contributed by atoms with van der Waals surface area (Å²) in [5.74, 6) is -3.75. The largest absolute Gasteiger partial charge is 0.480 e. The minimum absolute atomic E-state index is 0.0650. The van der Waals surface area contributed by atoms with E-state index in [4.69, 9.17) is 24.7 Å². The fraction of sp³-hybridized carbons (Fsp3) is 0.625. The molecule has 0 saturated heterocycles. The molecule has 50 heavy (non-hydrogen) atoms. The molecule has 0 aromatic heterocycles. The molecule has 0 aliphatic heterocycles. The van der Waals surface area contributed by atoms with Crippen molar-refractivity contribution in [3.05, 3.63) is 29.8 Å². The Bertz CT molecular complexity index is 1170. The molecule has 2 atom stereocenters. The Morgan fingerprint density at radius 3 is 1.88 bits per heavy atom. The maximum Gasteiger partial charge on any atom is 0.326 e. The van der Waals surface area contributed by atoms with Crippen LogP contribution in [0.1, 0.15) is 42.5 Å². The number of amides is 5. The molecule has 5 amide bonds. The topological polar surface area (TPSA) is 258 Å². The van der Waals surface area contributed by atoms with Crippen molar-refractivity contribution < 1.29 is 52.8 Å². The second kappa shape index (κ2) is 27.5.